The molecule has 2 rings (SSSR count). The number of hydrogen-bond donors (Lipinski definition) is 2. The minimum Gasteiger partial charge on any atom is -0.546 e. The summed E-state index contributed by atoms with van der Waals surface area (Å²) in [5.41, 5.74) is 6.63. The number of carboxylic acid groups (broad SMARTS) is 1. The van der Waals surface area contributed by atoms with Crippen LogP contribution in [-0.2, 0) is 14.8 Å². The molecule has 3 N–H and O–H groups in total. The molecule has 0 aliphatic carbocycles. The summed E-state index contributed by atoms with van der Waals surface area (Å²) in [5, 5.41) is 10.4. The maximum Gasteiger partial charge on any atom is 1.00 e. The number of sulfonamides is 1. The fraction of sp³-hybridized carbons (Fsp3) is 0.188. The maximum atomic E-state index is 12.3. The summed E-state index contributed by atoms with van der Waals surface area (Å²) in [6.07, 6.45) is 0. The van der Waals surface area contributed by atoms with Crippen molar-refractivity contribution in [2.75, 3.05) is 12.3 Å². The van der Waals surface area contributed by atoms with Gasteiger partial charge in [0.25, 0.3) is 0 Å². The monoisotopic (exact) mass is 372 g/mol. The molecule has 1 unspecified atom stereocenters. The second-order valence-corrected chi connectivity index (χ2v) is 6.83. The van der Waals surface area contributed by atoms with Gasteiger partial charge < -0.3 is 20.4 Å². The van der Waals surface area contributed by atoms with Gasteiger partial charge >= 0.3 is 29.6 Å². The minimum absolute atomic E-state index is 0. The number of nitrogens with two attached hydrogens (primary N) is 1. The van der Waals surface area contributed by atoms with Gasteiger partial charge in [0.1, 0.15) is 12.4 Å². The normalized spacial score (nSPS) is 12.0. The third kappa shape index (κ3) is 6.02. The van der Waals surface area contributed by atoms with Crippen molar-refractivity contribution in [2.45, 2.75) is 17.9 Å². The van der Waals surface area contributed by atoms with Crippen LogP contribution in [0, 0.1) is 0 Å². The standard InChI is InChI=1S/C16H18N2O5S.Na/c1-11(18-24(21,22)13-5-3-2-4-6-13)12-7-8-15(14(17)9-12)23-10-16(19)20;/h2-9,11,18H,10,17H2,1H3,(H,19,20);/q;+1/p-1. The van der Waals surface area contributed by atoms with E-state index in [4.69, 9.17) is 10.5 Å². The van der Waals surface area contributed by atoms with Crippen LogP contribution in [0.5, 0.6) is 5.75 Å². The van der Waals surface area contributed by atoms with Gasteiger partial charge in [-0.25, -0.2) is 13.1 Å². The summed E-state index contributed by atoms with van der Waals surface area (Å²) in [7, 11) is -3.66. The van der Waals surface area contributed by atoms with Crippen molar-refractivity contribution in [1.29, 1.82) is 0 Å². The number of carbonyl (C=O) groups excluding carboxylic acids is 1. The molecule has 2 aromatic rings. The molecule has 9 heteroatoms. The van der Waals surface area contributed by atoms with E-state index in [2.05, 4.69) is 4.72 Å². The van der Waals surface area contributed by atoms with Gasteiger partial charge in [0.2, 0.25) is 10.0 Å². The Morgan fingerprint density at radius 2 is 1.88 bits per heavy atom. The van der Waals surface area contributed by atoms with Gasteiger partial charge in [-0.1, -0.05) is 24.3 Å². The van der Waals surface area contributed by atoms with Crippen LogP contribution in [0.4, 0.5) is 5.69 Å². The van der Waals surface area contributed by atoms with Crippen molar-refractivity contribution in [1.82, 2.24) is 4.72 Å². The molecule has 0 saturated carbocycles. The summed E-state index contributed by atoms with van der Waals surface area (Å²) in [6.45, 7) is 1.07. The summed E-state index contributed by atoms with van der Waals surface area (Å²) in [6, 6.07) is 12.1. The van der Waals surface area contributed by atoms with Crippen LogP contribution in [-0.4, -0.2) is 21.0 Å². The molecule has 0 aliphatic heterocycles. The van der Waals surface area contributed by atoms with E-state index in [9.17, 15) is 18.3 Å². The average Bonchev–Trinajstić information content (AvgIpc) is 2.54. The number of nitrogen functional groups attached to an aromatic ring is 1. The number of rotatable bonds is 7. The van der Waals surface area contributed by atoms with Crippen molar-refractivity contribution < 1.29 is 52.6 Å². The minimum atomic E-state index is -3.66. The number of benzene rings is 2. The molecule has 0 spiro atoms. The first-order valence-corrected chi connectivity index (χ1v) is 8.57. The summed E-state index contributed by atoms with van der Waals surface area (Å²) in [4.78, 5) is 10.6. The molecular formula is C16H17N2NaO5S. The van der Waals surface area contributed by atoms with Crippen molar-refractivity contribution >= 4 is 21.7 Å². The summed E-state index contributed by atoms with van der Waals surface area (Å²) in [5.74, 6) is -1.16. The number of hydrogen-bond acceptors (Lipinski definition) is 6. The molecule has 2 aromatic carbocycles. The predicted octanol–water partition coefficient (Wildman–Crippen LogP) is -2.56. The molecule has 0 radical (unpaired) electrons. The molecule has 0 heterocycles. The summed E-state index contributed by atoms with van der Waals surface area (Å²) < 4.78 is 32.1. The molecular weight excluding hydrogens is 355 g/mol. The van der Waals surface area contributed by atoms with Gasteiger partial charge in [-0.2, -0.15) is 0 Å². The first-order valence-electron chi connectivity index (χ1n) is 7.09. The Hall–Kier alpha value is -1.58. The van der Waals surface area contributed by atoms with Crippen LogP contribution in [0.3, 0.4) is 0 Å². The van der Waals surface area contributed by atoms with Crippen LogP contribution in [0.2, 0.25) is 0 Å². The van der Waals surface area contributed by atoms with Gasteiger partial charge in [0, 0.05) is 6.04 Å². The molecule has 0 aromatic heterocycles. The third-order valence-corrected chi connectivity index (χ3v) is 4.82. The first kappa shape index (κ1) is 21.5. The van der Waals surface area contributed by atoms with E-state index in [0.29, 0.717) is 5.56 Å². The van der Waals surface area contributed by atoms with Crippen molar-refractivity contribution in [3.63, 3.8) is 0 Å². The second kappa shape index (κ2) is 9.21. The van der Waals surface area contributed by atoms with Crippen LogP contribution in [0.1, 0.15) is 18.5 Å². The Bertz CT molecular complexity index is 828. The van der Waals surface area contributed by atoms with Crippen LogP contribution < -0.4 is 49.9 Å². The van der Waals surface area contributed by atoms with E-state index in [0.717, 1.165) is 0 Å². The smallest absolute Gasteiger partial charge is 0.546 e. The van der Waals surface area contributed by atoms with Crippen molar-refractivity contribution in [3.8, 4) is 5.75 Å². The Morgan fingerprint density at radius 3 is 2.44 bits per heavy atom. The fourth-order valence-electron chi connectivity index (χ4n) is 2.07. The van der Waals surface area contributed by atoms with E-state index in [1.54, 1.807) is 31.2 Å². The van der Waals surface area contributed by atoms with Gasteiger partial charge in [0.05, 0.1) is 16.6 Å². The molecule has 0 bridgehead atoms. The number of ether oxygens (including phenoxy) is 1. The first-order chi connectivity index (χ1) is 11.3. The number of aliphatic carboxylic acids is 1. The maximum absolute atomic E-state index is 12.3. The van der Waals surface area contributed by atoms with Gasteiger partial charge in [-0.3, -0.25) is 0 Å². The largest absolute Gasteiger partial charge is 1.00 e. The van der Waals surface area contributed by atoms with Gasteiger partial charge in [-0.05, 0) is 36.8 Å². The molecule has 0 fully saturated rings. The Balaban J connectivity index is 0.00000312. The average molecular weight is 372 g/mol. The molecule has 1 atom stereocenters. The van der Waals surface area contributed by atoms with Crippen LogP contribution in [0.15, 0.2) is 53.4 Å². The molecule has 0 saturated heterocycles. The zero-order valence-electron chi connectivity index (χ0n) is 13.9. The Morgan fingerprint density at radius 1 is 1.24 bits per heavy atom. The zero-order valence-corrected chi connectivity index (χ0v) is 16.7. The topological polar surface area (TPSA) is 122 Å². The molecule has 25 heavy (non-hydrogen) atoms. The van der Waals surface area contributed by atoms with E-state index >= 15 is 0 Å². The van der Waals surface area contributed by atoms with Gasteiger partial charge in [-0.15, -0.1) is 0 Å². The number of carbonyl (C=O) groups is 1. The van der Waals surface area contributed by atoms with Crippen LogP contribution in [0.25, 0.3) is 0 Å². The zero-order chi connectivity index (χ0) is 17.7. The second-order valence-electron chi connectivity index (χ2n) is 5.11. The quantitative estimate of drug-likeness (QED) is 0.407. The SMILES string of the molecule is CC(NS(=O)(=O)c1ccccc1)c1ccc(OCC(=O)[O-])c(N)c1.[Na+]. The molecule has 0 aliphatic rings. The Kier molecular flexibility index (Phi) is 7.91. The van der Waals surface area contributed by atoms with Crippen molar-refractivity contribution in [3.05, 3.63) is 54.1 Å². The molecule has 128 valence electrons. The predicted molar refractivity (Wildman–Crippen MR) is 86.5 cm³/mol. The van der Waals surface area contributed by atoms with Crippen LogP contribution >= 0.6 is 0 Å². The number of nitrogens with one attached hydrogen (secondary N) is 1. The Labute approximate surface area is 168 Å². The van der Waals surface area contributed by atoms with E-state index in [-0.39, 0.29) is 45.9 Å². The van der Waals surface area contributed by atoms with E-state index in [1.807, 2.05) is 0 Å². The van der Waals surface area contributed by atoms with Gasteiger partial charge in [0.15, 0.2) is 0 Å². The number of carboxylic acids is 1. The van der Waals surface area contributed by atoms with E-state index < -0.39 is 28.6 Å². The molecule has 0 amide bonds. The summed E-state index contributed by atoms with van der Waals surface area (Å²) >= 11 is 0. The molecule has 7 nitrogen and oxygen atoms in total. The number of anilines is 1. The van der Waals surface area contributed by atoms with E-state index in [1.165, 1.54) is 24.3 Å². The fourth-order valence-corrected chi connectivity index (χ4v) is 3.33. The third-order valence-electron chi connectivity index (χ3n) is 3.26. The van der Waals surface area contributed by atoms with Crippen molar-refractivity contribution in [2.24, 2.45) is 0 Å².